The van der Waals surface area contributed by atoms with E-state index in [0.29, 0.717) is 6.42 Å². The summed E-state index contributed by atoms with van der Waals surface area (Å²) in [6.45, 7) is 0. The largest absolute Gasteiger partial charge is 0.295 e. The van der Waals surface area contributed by atoms with Gasteiger partial charge >= 0.3 is 0 Å². The number of fused-ring (bicyclic) bond motifs is 1. The van der Waals surface area contributed by atoms with Crippen LogP contribution in [-0.4, -0.2) is 16.8 Å². The molecule has 4 nitrogen and oxygen atoms in total. The Labute approximate surface area is 80.3 Å². The zero-order valence-electron chi connectivity index (χ0n) is 7.36. The summed E-state index contributed by atoms with van der Waals surface area (Å²) >= 11 is 0. The summed E-state index contributed by atoms with van der Waals surface area (Å²) in [4.78, 5) is 26.7. The summed E-state index contributed by atoms with van der Waals surface area (Å²) in [6.07, 6.45) is 3.95. The van der Waals surface area contributed by atoms with Gasteiger partial charge in [-0.25, -0.2) is 0 Å². The zero-order valence-corrected chi connectivity index (χ0v) is 7.36. The number of rotatable bonds is 1. The Morgan fingerprint density at radius 2 is 2.07 bits per heavy atom. The quantitative estimate of drug-likeness (QED) is 0.631. The number of piperidine rings is 1. The Morgan fingerprint density at radius 3 is 2.57 bits per heavy atom. The first-order chi connectivity index (χ1) is 6.75. The van der Waals surface area contributed by atoms with Gasteiger partial charge < -0.3 is 0 Å². The Bertz CT molecular complexity index is 429. The number of hydrogen-bond donors (Lipinski definition) is 1. The van der Waals surface area contributed by atoms with Crippen molar-refractivity contribution in [2.45, 2.75) is 11.8 Å². The maximum Gasteiger partial charge on any atom is 0.238 e. The molecule has 2 amide bonds. The third-order valence-corrected chi connectivity index (χ3v) is 3.11. The lowest BCUT2D eigenvalue weighted by molar-refractivity contribution is -0.127. The van der Waals surface area contributed by atoms with Crippen molar-refractivity contribution in [2.75, 3.05) is 0 Å². The first kappa shape index (κ1) is 7.67. The van der Waals surface area contributed by atoms with Crippen LogP contribution in [0.5, 0.6) is 0 Å². The molecule has 0 bridgehead atoms. The maximum absolute atomic E-state index is 11.6. The standard InChI is InChI=1S/C10H8N2O2/c13-8-7-5-10(7,9(14)12-8)6-1-3-11-4-2-6/h1-4,7H,5H2,(H,12,13,14). The summed E-state index contributed by atoms with van der Waals surface area (Å²) in [7, 11) is 0. The van der Waals surface area contributed by atoms with Crippen LogP contribution in [0, 0.1) is 5.92 Å². The van der Waals surface area contributed by atoms with Crippen molar-refractivity contribution >= 4 is 11.8 Å². The minimum Gasteiger partial charge on any atom is -0.295 e. The summed E-state index contributed by atoms with van der Waals surface area (Å²) < 4.78 is 0. The van der Waals surface area contributed by atoms with E-state index in [1.54, 1.807) is 24.5 Å². The monoisotopic (exact) mass is 188 g/mol. The van der Waals surface area contributed by atoms with Crippen LogP contribution in [0.4, 0.5) is 0 Å². The fraction of sp³-hybridized carbons (Fsp3) is 0.300. The van der Waals surface area contributed by atoms with Crippen LogP contribution in [0.1, 0.15) is 12.0 Å². The topological polar surface area (TPSA) is 59.1 Å². The zero-order chi connectivity index (χ0) is 9.76. The summed E-state index contributed by atoms with van der Waals surface area (Å²) in [5.74, 6) is -0.428. The molecule has 1 aliphatic heterocycles. The van der Waals surface area contributed by atoms with E-state index in [1.807, 2.05) is 0 Å². The number of nitrogens with zero attached hydrogens (tertiary/aromatic N) is 1. The average molecular weight is 188 g/mol. The second kappa shape index (κ2) is 2.20. The molecular weight excluding hydrogens is 180 g/mol. The van der Waals surface area contributed by atoms with Gasteiger partial charge in [-0.1, -0.05) is 0 Å². The highest BCUT2D eigenvalue weighted by Crippen LogP contribution is 2.57. The fourth-order valence-corrected chi connectivity index (χ4v) is 2.24. The van der Waals surface area contributed by atoms with Crippen LogP contribution in [0.25, 0.3) is 0 Å². The van der Waals surface area contributed by atoms with Gasteiger partial charge in [-0.3, -0.25) is 19.9 Å². The smallest absolute Gasteiger partial charge is 0.238 e. The predicted molar refractivity (Wildman–Crippen MR) is 47.2 cm³/mol. The third kappa shape index (κ3) is 0.713. The minimum absolute atomic E-state index is 0.133. The number of carbonyl (C=O) groups excluding carboxylic acids is 2. The van der Waals surface area contributed by atoms with Crippen molar-refractivity contribution in [3.05, 3.63) is 30.1 Å². The molecule has 2 aliphatic rings. The molecule has 2 heterocycles. The molecule has 0 radical (unpaired) electrons. The second-order valence-electron chi connectivity index (χ2n) is 3.78. The second-order valence-corrected chi connectivity index (χ2v) is 3.78. The molecule has 2 unspecified atom stereocenters. The van der Waals surface area contributed by atoms with Crippen molar-refractivity contribution in [3.8, 4) is 0 Å². The van der Waals surface area contributed by atoms with Crippen molar-refractivity contribution in [2.24, 2.45) is 5.92 Å². The number of carbonyl (C=O) groups is 2. The van der Waals surface area contributed by atoms with Crippen LogP contribution in [-0.2, 0) is 15.0 Å². The molecule has 1 aliphatic carbocycles. The molecule has 0 spiro atoms. The van der Waals surface area contributed by atoms with Crippen molar-refractivity contribution in [3.63, 3.8) is 0 Å². The van der Waals surface area contributed by atoms with E-state index in [-0.39, 0.29) is 17.7 Å². The highest BCUT2D eigenvalue weighted by Gasteiger charge is 2.69. The highest BCUT2D eigenvalue weighted by molar-refractivity contribution is 6.15. The van der Waals surface area contributed by atoms with Gasteiger partial charge in [0.2, 0.25) is 11.8 Å². The molecule has 1 aromatic heterocycles. The van der Waals surface area contributed by atoms with Crippen molar-refractivity contribution < 1.29 is 9.59 Å². The van der Waals surface area contributed by atoms with Crippen molar-refractivity contribution in [1.82, 2.24) is 10.3 Å². The van der Waals surface area contributed by atoms with E-state index in [2.05, 4.69) is 10.3 Å². The predicted octanol–water partition coefficient (Wildman–Crippen LogP) is -0.00430. The first-order valence-corrected chi connectivity index (χ1v) is 4.51. The SMILES string of the molecule is O=C1NC(=O)C2(c3ccncc3)CC12. The van der Waals surface area contributed by atoms with E-state index in [1.165, 1.54) is 0 Å². The van der Waals surface area contributed by atoms with Crippen LogP contribution >= 0.6 is 0 Å². The van der Waals surface area contributed by atoms with Gasteiger partial charge in [-0.2, -0.15) is 0 Å². The Kier molecular flexibility index (Phi) is 1.21. The minimum atomic E-state index is -0.556. The average Bonchev–Trinajstić information content (AvgIpc) is 2.90. The van der Waals surface area contributed by atoms with Gasteiger partial charge in [0.1, 0.15) is 0 Å². The van der Waals surface area contributed by atoms with E-state index in [9.17, 15) is 9.59 Å². The number of pyridine rings is 1. The van der Waals surface area contributed by atoms with Crippen LogP contribution in [0.15, 0.2) is 24.5 Å². The molecule has 0 aromatic carbocycles. The lowest BCUT2D eigenvalue weighted by Crippen LogP contribution is -2.30. The van der Waals surface area contributed by atoms with Crippen LogP contribution in [0.2, 0.25) is 0 Å². The molecule has 1 saturated carbocycles. The van der Waals surface area contributed by atoms with Crippen LogP contribution < -0.4 is 5.32 Å². The highest BCUT2D eigenvalue weighted by atomic mass is 16.2. The van der Waals surface area contributed by atoms with Gasteiger partial charge in [0.05, 0.1) is 11.3 Å². The van der Waals surface area contributed by atoms with Gasteiger partial charge in [0, 0.05) is 12.4 Å². The summed E-state index contributed by atoms with van der Waals surface area (Å²) in [5, 5.41) is 2.36. The molecule has 14 heavy (non-hydrogen) atoms. The van der Waals surface area contributed by atoms with Gasteiger partial charge in [-0.05, 0) is 24.1 Å². The number of nitrogens with one attached hydrogen (secondary N) is 1. The molecule has 1 saturated heterocycles. The normalized spacial score (nSPS) is 33.9. The molecule has 2 atom stereocenters. The number of hydrogen-bond acceptors (Lipinski definition) is 3. The van der Waals surface area contributed by atoms with Crippen molar-refractivity contribution in [1.29, 1.82) is 0 Å². The molecule has 3 rings (SSSR count). The Morgan fingerprint density at radius 1 is 1.36 bits per heavy atom. The van der Waals surface area contributed by atoms with E-state index in [4.69, 9.17) is 0 Å². The molecule has 70 valence electrons. The number of amides is 2. The lowest BCUT2D eigenvalue weighted by Gasteiger charge is -2.08. The van der Waals surface area contributed by atoms with Gasteiger partial charge in [0.25, 0.3) is 0 Å². The number of imide groups is 1. The molecular formula is C10H8N2O2. The van der Waals surface area contributed by atoms with E-state index < -0.39 is 5.41 Å². The summed E-state index contributed by atoms with van der Waals surface area (Å²) in [5.41, 5.74) is 0.348. The van der Waals surface area contributed by atoms with Gasteiger partial charge in [-0.15, -0.1) is 0 Å². The first-order valence-electron chi connectivity index (χ1n) is 4.51. The Balaban J connectivity index is 2.09. The fourth-order valence-electron chi connectivity index (χ4n) is 2.24. The Hall–Kier alpha value is -1.71. The third-order valence-electron chi connectivity index (χ3n) is 3.11. The maximum atomic E-state index is 11.6. The molecule has 1 aromatic rings. The van der Waals surface area contributed by atoms with Gasteiger partial charge in [0.15, 0.2) is 0 Å². The molecule has 2 fully saturated rings. The van der Waals surface area contributed by atoms with Crippen LogP contribution in [0.3, 0.4) is 0 Å². The molecule has 4 heteroatoms. The molecule has 1 N–H and O–H groups in total. The lowest BCUT2D eigenvalue weighted by atomic mass is 9.95. The van der Waals surface area contributed by atoms with E-state index >= 15 is 0 Å². The summed E-state index contributed by atoms with van der Waals surface area (Å²) in [6, 6.07) is 3.61. The number of aromatic nitrogens is 1. The van der Waals surface area contributed by atoms with E-state index in [0.717, 1.165) is 5.56 Å².